The molecule has 0 bridgehead atoms. The Labute approximate surface area is 102 Å². The van der Waals surface area contributed by atoms with Gasteiger partial charge >= 0.3 is 0 Å². The molecule has 0 aliphatic carbocycles. The van der Waals surface area contributed by atoms with Crippen molar-refractivity contribution in [2.45, 2.75) is 71.8 Å². The maximum Gasteiger partial charge on any atom is 0.0775 e. The van der Waals surface area contributed by atoms with Crippen LogP contribution >= 0.6 is 0 Å². The van der Waals surface area contributed by atoms with E-state index in [0.717, 1.165) is 26.1 Å². The molecule has 1 unspecified atom stereocenters. The van der Waals surface area contributed by atoms with E-state index in [2.05, 4.69) is 33.0 Å². The number of unbranched alkanes of at least 4 members (excludes halogenated alkanes) is 3. The summed E-state index contributed by atoms with van der Waals surface area (Å²) in [6.45, 7) is 11.8. The van der Waals surface area contributed by atoms with Gasteiger partial charge < -0.3 is 10.1 Å². The Balaban J connectivity index is 3.61. The molecule has 0 aliphatic heterocycles. The van der Waals surface area contributed by atoms with Crippen LogP contribution in [0.1, 0.15) is 66.2 Å². The summed E-state index contributed by atoms with van der Waals surface area (Å²) in [7, 11) is 0. The molecule has 0 radical (unpaired) electrons. The lowest BCUT2D eigenvalue weighted by atomic mass is 10.0. The lowest BCUT2D eigenvalue weighted by molar-refractivity contribution is -0.0345. The van der Waals surface area contributed by atoms with Gasteiger partial charge in [0.2, 0.25) is 0 Å². The average Bonchev–Trinajstić information content (AvgIpc) is 2.29. The Hall–Kier alpha value is -0.0800. The largest absolute Gasteiger partial charge is 0.374 e. The van der Waals surface area contributed by atoms with E-state index in [-0.39, 0.29) is 5.60 Å². The van der Waals surface area contributed by atoms with E-state index in [1.165, 1.54) is 32.1 Å². The van der Waals surface area contributed by atoms with Crippen molar-refractivity contribution < 1.29 is 4.74 Å². The third-order valence-corrected chi connectivity index (χ3v) is 3.12. The van der Waals surface area contributed by atoms with Crippen LogP contribution in [0.15, 0.2) is 0 Å². The Kier molecular flexibility index (Phi) is 10.0. The molecule has 98 valence electrons. The van der Waals surface area contributed by atoms with Gasteiger partial charge in [0.05, 0.1) is 5.60 Å². The summed E-state index contributed by atoms with van der Waals surface area (Å²) in [5.74, 6) is 0. The van der Waals surface area contributed by atoms with Gasteiger partial charge in [-0.2, -0.15) is 0 Å². The molecule has 0 spiro atoms. The molecule has 0 aromatic carbocycles. The van der Waals surface area contributed by atoms with Crippen LogP contribution in [-0.4, -0.2) is 25.3 Å². The predicted molar refractivity (Wildman–Crippen MR) is 72.0 cm³/mol. The highest BCUT2D eigenvalue weighted by atomic mass is 16.5. The zero-order valence-corrected chi connectivity index (χ0v) is 11.8. The molecule has 1 N–H and O–H groups in total. The van der Waals surface area contributed by atoms with E-state index in [4.69, 9.17) is 4.74 Å². The first-order valence-electron chi connectivity index (χ1n) is 7.03. The Bertz CT molecular complexity index is 150. The highest BCUT2D eigenvalue weighted by Gasteiger charge is 2.21. The number of ether oxygens (including phenoxy) is 1. The smallest absolute Gasteiger partial charge is 0.0775 e. The third-order valence-electron chi connectivity index (χ3n) is 3.12. The first-order chi connectivity index (χ1) is 7.68. The van der Waals surface area contributed by atoms with E-state index in [0.29, 0.717) is 0 Å². The number of hydrogen-bond donors (Lipinski definition) is 1. The van der Waals surface area contributed by atoms with Crippen molar-refractivity contribution in [2.75, 3.05) is 19.7 Å². The molecule has 0 aromatic rings. The van der Waals surface area contributed by atoms with Gasteiger partial charge in [-0.15, -0.1) is 0 Å². The van der Waals surface area contributed by atoms with Crippen LogP contribution in [0.2, 0.25) is 0 Å². The van der Waals surface area contributed by atoms with Crippen LogP contribution < -0.4 is 5.32 Å². The SMILES string of the molecule is CCCCCCOC(C)(CC)CNCCC. The van der Waals surface area contributed by atoms with Crippen LogP contribution in [0.4, 0.5) is 0 Å². The van der Waals surface area contributed by atoms with Gasteiger partial charge in [0.15, 0.2) is 0 Å². The maximum absolute atomic E-state index is 6.01. The summed E-state index contributed by atoms with van der Waals surface area (Å²) >= 11 is 0. The molecule has 0 amide bonds. The van der Waals surface area contributed by atoms with E-state index in [1.807, 2.05) is 0 Å². The van der Waals surface area contributed by atoms with Crippen LogP contribution in [0.3, 0.4) is 0 Å². The van der Waals surface area contributed by atoms with Crippen molar-refractivity contribution in [1.29, 1.82) is 0 Å². The molecular formula is C14H31NO. The third kappa shape index (κ3) is 8.12. The molecule has 0 heterocycles. The van der Waals surface area contributed by atoms with Crippen molar-refractivity contribution in [2.24, 2.45) is 0 Å². The molecular weight excluding hydrogens is 198 g/mol. The van der Waals surface area contributed by atoms with Crippen LogP contribution in [-0.2, 0) is 4.74 Å². The van der Waals surface area contributed by atoms with Gasteiger partial charge in [-0.1, -0.05) is 40.0 Å². The summed E-state index contributed by atoms with van der Waals surface area (Å²) < 4.78 is 6.01. The molecule has 2 nitrogen and oxygen atoms in total. The lowest BCUT2D eigenvalue weighted by Gasteiger charge is -2.29. The molecule has 0 fully saturated rings. The number of nitrogens with one attached hydrogen (secondary N) is 1. The Morgan fingerprint density at radius 3 is 2.31 bits per heavy atom. The molecule has 0 saturated heterocycles. The lowest BCUT2D eigenvalue weighted by Crippen LogP contribution is -2.40. The second kappa shape index (κ2) is 10.1. The topological polar surface area (TPSA) is 21.3 Å². The molecule has 1 atom stereocenters. The molecule has 2 heteroatoms. The summed E-state index contributed by atoms with van der Waals surface area (Å²) in [5, 5.41) is 3.45. The van der Waals surface area contributed by atoms with E-state index >= 15 is 0 Å². The van der Waals surface area contributed by atoms with E-state index in [9.17, 15) is 0 Å². The summed E-state index contributed by atoms with van der Waals surface area (Å²) in [6, 6.07) is 0. The normalized spacial score (nSPS) is 15.0. The monoisotopic (exact) mass is 229 g/mol. The number of hydrogen-bond acceptors (Lipinski definition) is 2. The Morgan fingerprint density at radius 2 is 1.75 bits per heavy atom. The van der Waals surface area contributed by atoms with E-state index < -0.39 is 0 Å². The van der Waals surface area contributed by atoms with Gasteiger partial charge in [-0.05, 0) is 32.7 Å². The fraction of sp³-hybridized carbons (Fsp3) is 1.00. The van der Waals surface area contributed by atoms with Crippen LogP contribution in [0.25, 0.3) is 0 Å². The van der Waals surface area contributed by atoms with Crippen molar-refractivity contribution in [1.82, 2.24) is 5.32 Å². The Morgan fingerprint density at radius 1 is 1.00 bits per heavy atom. The average molecular weight is 229 g/mol. The second-order valence-corrected chi connectivity index (χ2v) is 4.89. The minimum atomic E-state index is 0.0292. The highest BCUT2D eigenvalue weighted by molar-refractivity contribution is 4.76. The molecule has 0 saturated carbocycles. The molecule has 0 aromatic heterocycles. The predicted octanol–water partition coefficient (Wildman–Crippen LogP) is 3.75. The first-order valence-corrected chi connectivity index (χ1v) is 7.03. The zero-order chi connectivity index (χ0) is 12.3. The van der Waals surface area contributed by atoms with Gasteiger partial charge in [0.1, 0.15) is 0 Å². The standard InChI is InChI=1S/C14H31NO/c1-5-8-9-10-12-16-14(4,7-3)13-15-11-6-2/h15H,5-13H2,1-4H3. The van der Waals surface area contributed by atoms with Gasteiger partial charge in [-0.3, -0.25) is 0 Å². The first kappa shape index (κ1) is 15.9. The summed E-state index contributed by atoms with van der Waals surface area (Å²) in [4.78, 5) is 0. The van der Waals surface area contributed by atoms with Gasteiger partial charge in [-0.25, -0.2) is 0 Å². The molecule has 0 aliphatic rings. The van der Waals surface area contributed by atoms with Gasteiger partial charge in [0.25, 0.3) is 0 Å². The highest BCUT2D eigenvalue weighted by Crippen LogP contribution is 2.15. The summed E-state index contributed by atoms with van der Waals surface area (Å²) in [5.41, 5.74) is 0.0292. The van der Waals surface area contributed by atoms with Crippen molar-refractivity contribution in [3.05, 3.63) is 0 Å². The zero-order valence-electron chi connectivity index (χ0n) is 11.8. The van der Waals surface area contributed by atoms with E-state index in [1.54, 1.807) is 0 Å². The van der Waals surface area contributed by atoms with Crippen LogP contribution in [0.5, 0.6) is 0 Å². The fourth-order valence-electron chi connectivity index (χ4n) is 1.66. The number of rotatable bonds is 11. The minimum Gasteiger partial charge on any atom is -0.374 e. The van der Waals surface area contributed by atoms with Crippen molar-refractivity contribution in [3.63, 3.8) is 0 Å². The molecule has 16 heavy (non-hydrogen) atoms. The minimum absolute atomic E-state index is 0.0292. The van der Waals surface area contributed by atoms with Crippen molar-refractivity contribution in [3.8, 4) is 0 Å². The van der Waals surface area contributed by atoms with Crippen molar-refractivity contribution >= 4 is 0 Å². The van der Waals surface area contributed by atoms with Gasteiger partial charge in [0, 0.05) is 13.2 Å². The second-order valence-electron chi connectivity index (χ2n) is 4.89. The summed E-state index contributed by atoms with van der Waals surface area (Å²) in [6.07, 6.45) is 7.41. The fourth-order valence-corrected chi connectivity index (χ4v) is 1.66. The molecule has 0 rings (SSSR count). The van der Waals surface area contributed by atoms with Crippen LogP contribution in [0, 0.1) is 0 Å². The quantitative estimate of drug-likeness (QED) is 0.545. The maximum atomic E-state index is 6.01.